The van der Waals surface area contributed by atoms with Crippen molar-refractivity contribution in [3.05, 3.63) is 64.0 Å². The number of nitrogens with zero attached hydrogens (tertiary/aromatic N) is 1. The number of unbranched alkanes of at least 4 members (excludes halogenated alkanes) is 2. The van der Waals surface area contributed by atoms with Gasteiger partial charge in [0.05, 0.1) is 17.3 Å². The molecule has 7 heteroatoms. The van der Waals surface area contributed by atoms with E-state index in [1.807, 2.05) is 35.8 Å². The number of hydrogen-bond donors (Lipinski definition) is 4. The van der Waals surface area contributed by atoms with Crippen molar-refractivity contribution in [2.75, 3.05) is 18.5 Å². The van der Waals surface area contributed by atoms with Gasteiger partial charge >= 0.3 is 0 Å². The Morgan fingerprint density at radius 2 is 1.91 bits per heavy atom. The van der Waals surface area contributed by atoms with E-state index < -0.39 is 0 Å². The van der Waals surface area contributed by atoms with Crippen LogP contribution in [0.3, 0.4) is 0 Å². The second kappa shape index (κ2) is 11.6. The Morgan fingerprint density at radius 1 is 1.12 bits per heavy atom. The maximum absolute atomic E-state index is 8.85. The van der Waals surface area contributed by atoms with Gasteiger partial charge < -0.3 is 10.1 Å². The Morgan fingerprint density at radius 3 is 2.62 bits per heavy atom. The third-order valence-electron chi connectivity index (χ3n) is 5.09. The van der Waals surface area contributed by atoms with Gasteiger partial charge in [0.2, 0.25) is 0 Å². The van der Waals surface area contributed by atoms with Gasteiger partial charge in [0, 0.05) is 28.2 Å². The zero-order valence-electron chi connectivity index (χ0n) is 18.9. The van der Waals surface area contributed by atoms with E-state index in [0.29, 0.717) is 18.1 Å². The highest BCUT2D eigenvalue weighted by Crippen LogP contribution is 2.34. The maximum Gasteiger partial charge on any atom is 0.149 e. The number of rotatable bonds is 11. The summed E-state index contributed by atoms with van der Waals surface area (Å²) in [7, 11) is 0. The second-order valence-corrected chi connectivity index (χ2v) is 9.26. The summed E-state index contributed by atoms with van der Waals surface area (Å²) in [4.78, 5) is 6.06. The van der Waals surface area contributed by atoms with Crippen LogP contribution in [-0.4, -0.2) is 29.2 Å². The van der Waals surface area contributed by atoms with Crippen LogP contribution >= 0.6 is 11.3 Å². The van der Waals surface area contributed by atoms with Crippen LogP contribution in [0.15, 0.2) is 48.5 Å². The summed E-state index contributed by atoms with van der Waals surface area (Å²) in [5, 5.41) is 20.9. The van der Waals surface area contributed by atoms with Crippen LogP contribution in [0.5, 0.6) is 5.75 Å². The number of thiazole rings is 1. The first-order chi connectivity index (χ1) is 15.5. The molecule has 0 unspecified atom stereocenters. The second-order valence-electron chi connectivity index (χ2n) is 8.03. The number of hydroxylamine groups is 1. The first-order valence-electron chi connectivity index (χ1n) is 11.0. The Balaban J connectivity index is 1.37. The lowest BCUT2D eigenvalue weighted by molar-refractivity contribution is 0.234. The fourth-order valence-electron chi connectivity index (χ4n) is 3.43. The number of aryl methyl sites for hydroxylation is 1. The highest BCUT2D eigenvalue weighted by Gasteiger charge is 2.14. The molecular formula is C25H32N4O2S. The van der Waals surface area contributed by atoms with Crippen LogP contribution < -0.4 is 15.5 Å². The number of nitrogens with one attached hydrogen (secondary N) is 3. The predicted octanol–water partition coefficient (Wildman–Crippen LogP) is 6.21. The molecule has 6 nitrogen and oxygen atoms in total. The van der Waals surface area contributed by atoms with E-state index in [2.05, 4.69) is 38.2 Å². The van der Waals surface area contributed by atoms with Gasteiger partial charge in [0.25, 0.3) is 0 Å². The molecule has 0 spiro atoms. The normalized spacial score (nSPS) is 10.9. The number of hydrogen-bond acceptors (Lipinski definition) is 6. The van der Waals surface area contributed by atoms with Crippen molar-refractivity contribution in [2.24, 2.45) is 0 Å². The molecule has 3 rings (SSSR count). The van der Waals surface area contributed by atoms with E-state index in [9.17, 15) is 0 Å². The summed E-state index contributed by atoms with van der Waals surface area (Å²) in [5.41, 5.74) is 5.69. The Bertz CT molecular complexity index is 1020. The molecule has 4 N–H and O–H groups in total. The largest absolute Gasteiger partial charge is 0.494 e. The van der Waals surface area contributed by atoms with Crippen molar-refractivity contribution in [2.45, 2.75) is 46.0 Å². The summed E-state index contributed by atoms with van der Waals surface area (Å²) in [6, 6.07) is 15.7. The van der Waals surface area contributed by atoms with Gasteiger partial charge in [0.15, 0.2) is 0 Å². The lowest BCUT2D eigenvalue weighted by atomic mass is 10.1. The molecule has 2 aromatic carbocycles. The van der Waals surface area contributed by atoms with Crippen molar-refractivity contribution >= 4 is 22.9 Å². The zero-order valence-corrected chi connectivity index (χ0v) is 19.8. The van der Waals surface area contributed by atoms with Crippen LogP contribution in [0.1, 0.15) is 54.5 Å². The summed E-state index contributed by atoms with van der Waals surface area (Å²) in [5.74, 6) is 1.35. The summed E-state index contributed by atoms with van der Waals surface area (Å²) < 4.78 is 5.91. The molecule has 0 saturated heterocycles. The summed E-state index contributed by atoms with van der Waals surface area (Å²) in [6.07, 6.45) is 3.09. The fourth-order valence-corrected chi connectivity index (χ4v) is 4.38. The minimum atomic E-state index is -0.0131. The Labute approximate surface area is 194 Å². The topological polar surface area (TPSA) is 90.3 Å². The van der Waals surface area contributed by atoms with Crippen LogP contribution in [-0.2, 0) is 0 Å². The standard InChI is InChI=1S/C25H32N4O2S/c1-17(2)24-23(28-18(3)32-24)19-10-12-22(13-11-19)31-15-6-4-5-14-27-21-9-7-8-20(16-21)25(26)29-30/h7-13,16-17,27,30H,4-6,14-15H2,1-3H3,(H2,26,29). The molecule has 0 radical (unpaired) electrons. The third-order valence-corrected chi connectivity index (χ3v) is 6.37. The van der Waals surface area contributed by atoms with Crippen LogP contribution in [0.2, 0.25) is 0 Å². The molecule has 32 heavy (non-hydrogen) atoms. The Hall–Kier alpha value is -2.90. The van der Waals surface area contributed by atoms with Gasteiger partial charge in [-0.25, -0.2) is 4.98 Å². The van der Waals surface area contributed by atoms with Gasteiger partial charge in [-0.05, 0) is 68.5 Å². The lowest BCUT2D eigenvalue weighted by Crippen LogP contribution is -2.18. The van der Waals surface area contributed by atoms with Crippen molar-refractivity contribution in [3.63, 3.8) is 0 Å². The SMILES string of the molecule is Cc1nc(-c2ccc(OCCCCCNc3cccc(C(=N)NO)c3)cc2)c(C(C)C)s1. The fraction of sp³-hybridized carbons (Fsp3) is 0.360. The minimum absolute atomic E-state index is 0.0131. The van der Waals surface area contributed by atoms with E-state index >= 15 is 0 Å². The monoisotopic (exact) mass is 452 g/mol. The smallest absolute Gasteiger partial charge is 0.149 e. The summed E-state index contributed by atoms with van der Waals surface area (Å²) in [6.45, 7) is 8.03. The van der Waals surface area contributed by atoms with E-state index in [4.69, 9.17) is 20.3 Å². The van der Waals surface area contributed by atoms with Crippen molar-refractivity contribution in [3.8, 4) is 17.0 Å². The third kappa shape index (κ3) is 6.55. The van der Waals surface area contributed by atoms with Crippen molar-refractivity contribution in [1.29, 1.82) is 5.41 Å². The van der Waals surface area contributed by atoms with Gasteiger partial charge in [-0.2, -0.15) is 0 Å². The van der Waals surface area contributed by atoms with E-state index in [1.54, 1.807) is 17.4 Å². The van der Waals surface area contributed by atoms with E-state index in [1.165, 1.54) is 4.88 Å². The first-order valence-corrected chi connectivity index (χ1v) is 11.8. The van der Waals surface area contributed by atoms with Gasteiger partial charge in [-0.15, -0.1) is 11.3 Å². The first kappa shape index (κ1) is 23.8. The molecule has 0 aliphatic heterocycles. The molecule has 0 aliphatic carbocycles. The van der Waals surface area contributed by atoms with Crippen LogP contribution in [0, 0.1) is 12.3 Å². The average Bonchev–Trinajstić information content (AvgIpc) is 3.20. The van der Waals surface area contributed by atoms with E-state index in [-0.39, 0.29) is 5.84 Å². The number of amidine groups is 1. The van der Waals surface area contributed by atoms with Crippen molar-refractivity contribution in [1.82, 2.24) is 10.5 Å². The quantitative estimate of drug-likeness (QED) is 0.120. The predicted molar refractivity (Wildman–Crippen MR) is 132 cm³/mol. The number of anilines is 1. The Kier molecular flexibility index (Phi) is 8.64. The van der Waals surface area contributed by atoms with Gasteiger partial charge in [-0.3, -0.25) is 16.1 Å². The molecular weight excluding hydrogens is 420 g/mol. The van der Waals surface area contributed by atoms with Crippen LogP contribution in [0.4, 0.5) is 5.69 Å². The molecule has 1 aromatic heterocycles. The minimum Gasteiger partial charge on any atom is -0.494 e. The lowest BCUT2D eigenvalue weighted by Gasteiger charge is -2.10. The molecule has 0 fully saturated rings. The summed E-state index contributed by atoms with van der Waals surface area (Å²) >= 11 is 1.78. The number of ether oxygens (including phenoxy) is 1. The number of benzene rings is 2. The van der Waals surface area contributed by atoms with Crippen LogP contribution in [0.25, 0.3) is 11.3 Å². The average molecular weight is 453 g/mol. The molecule has 0 atom stereocenters. The van der Waals surface area contributed by atoms with Gasteiger partial charge in [-0.1, -0.05) is 26.0 Å². The highest BCUT2D eigenvalue weighted by atomic mass is 32.1. The highest BCUT2D eigenvalue weighted by molar-refractivity contribution is 7.12. The molecule has 0 bridgehead atoms. The van der Waals surface area contributed by atoms with Crippen molar-refractivity contribution < 1.29 is 9.94 Å². The molecule has 0 saturated carbocycles. The molecule has 0 amide bonds. The number of aromatic nitrogens is 1. The maximum atomic E-state index is 8.85. The molecule has 0 aliphatic rings. The van der Waals surface area contributed by atoms with E-state index in [0.717, 1.165) is 53.5 Å². The zero-order chi connectivity index (χ0) is 22.9. The molecule has 1 heterocycles. The molecule has 3 aromatic rings. The van der Waals surface area contributed by atoms with Gasteiger partial charge in [0.1, 0.15) is 11.6 Å². The molecule has 170 valence electrons.